The predicted molar refractivity (Wildman–Crippen MR) is 74.9 cm³/mol. The van der Waals surface area contributed by atoms with Crippen LogP contribution in [0.2, 0.25) is 5.02 Å². The molecule has 0 amide bonds. The largest absolute Gasteiger partial charge is 0.311 e. The molecule has 1 aliphatic heterocycles. The summed E-state index contributed by atoms with van der Waals surface area (Å²) in [5, 5.41) is 8.74. The normalized spacial score (nSPS) is 25.6. The molecule has 1 aromatic rings. The van der Waals surface area contributed by atoms with Crippen molar-refractivity contribution < 1.29 is 0 Å². The molecule has 1 aliphatic rings. The second kappa shape index (κ2) is 5.59. The standard InChI is InChI=1S/C13H23ClN4/c1-5-11-6-15-9(2)7-18(11)8-12-13(14)10(3)16-17(12)4/h9,11,15H,5-8H2,1-4H3. The van der Waals surface area contributed by atoms with Crippen molar-refractivity contribution in [2.75, 3.05) is 13.1 Å². The minimum Gasteiger partial charge on any atom is -0.311 e. The number of rotatable bonds is 3. The molecule has 2 heterocycles. The Bertz CT molecular complexity index is 415. The van der Waals surface area contributed by atoms with Gasteiger partial charge in [-0.3, -0.25) is 9.58 Å². The maximum atomic E-state index is 6.33. The van der Waals surface area contributed by atoms with Crippen molar-refractivity contribution in [2.45, 2.75) is 45.8 Å². The van der Waals surface area contributed by atoms with Gasteiger partial charge in [-0.05, 0) is 20.3 Å². The zero-order valence-corrected chi connectivity index (χ0v) is 12.5. The first-order valence-electron chi connectivity index (χ1n) is 6.68. The Kier molecular flexibility index (Phi) is 4.30. The summed E-state index contributed by atoms with van der Waals surface area (Å²) in [6.07, 6.45) is 1.16. The second-order valence-corrected chi connectivity index (χ2v) is 5.65. The Hall–Kier alpha value is -0.580. The van der Waals surface area contributed by atoms with Gasteiger partial charge in [-0.2, -0.15) is 5.10 Å². The zero-order chi connectivity index (χ0) is 13.3. The highest BCUT2D eigenvalue weighted by molar-refractivity contribution is 6.31. The highest BCUT2D eigenvalue weighted by atomic mass is 35.5. The summed E-state index contributed by atoms with van der Waals surface area (Å²) in [6.45, 7) is 9.45. The third kappa shape index (κ3) is 2.71. The molecule has 0 saturated carbocycles. The lowest BCUT2D eigenvalue weighted by Crippen LogP contribution is -2.54. The van der Waals surface area contributed by atoms with Crippen LogP contribution in [0.3, 0.4) is 0 Å². The quantitative estimate of drug-likeness (QED) is 0.912. The van der Waals surface area contributed by atoms with E-state index in [-0.39, 0.29) is 0 Å². The molecule has 1 saturated heterocycles. The number of hydrogen-bond donors (Lipinski definition) is 1. The van der Waals surface area contributed by atoms with Gasteiger partial charge in [0.1, 0.15) is 0 Å². The lowest BCUT2D eigenvalue weighted by atomic mass is 10.1. The van der Waals surface area contributed by atoms with E-state index in [0.717, 1.165) is 42.5 Å². The van der Waals surface area contributed by atoms with Gasteiger partial charge in [-0.25, -0.2) is 0 Å². The first-order chi connectivity index (χ1) is 8.52. The van der Waals surface area contributed by atoms with E-state index < -0.39 is 0 Å². The van der Waals surface area contributed by atoms with Gasteiger partial charge in [0.25, 0.3) is 0 Å². The average molecular weight is 271 g/mol. The van der Waals surface area contributed by atoms with Gasteiger partial charge in [0.05, 0.1) is 16.4 Å². The Labute approximate surface area is 114 Å². The molecule has 0 spiro atoms. The number of aromatic nitrogens is 2. The van der Waals surface area contributed by atoms with Crippen molar-refractivity contribution >= 4 is 11.6 Å². The fourth-order valence-electron chi connectivity index (χ4n) is 2.67. The zero-order valence-electron chi connectivity index (χ0n) is 11.7. The van der Waals surface area contributed by atoms with Crippen LogP contribution >= 0.6 is 11.6 Å². The molecule has 4 nitrogen and oxygen atoms in total. The van der Waals surface area contributed by atoms with E-state index in [0.29, 0.717) is 12.1 Å². The van der Waals surface area contributed by atoms with E-state index in [1.165, 1.54) is 0 Å². The van der Waals surface area contributed by atoms with Crippen LogP contribution in [0.15, 0.2) is 0 Å². The highest BCUT2D eigenvalue weighted by Crippen LogP contribution is 2.23. The molecule has 0 aromatic carbocycles. The topological polar surface area (TPSA) is 33.1 Å². The molecule has 102 valence electrons. The molecule has 0 bridgehead atoms. The van der Waals surface area contributed by atoms with Gasteiger partial charge in [0.15, 0.2) is 0 Å². The molecule has 1 fully saturated rings. The monoisotopic (exact) mass is 270 g/mol. The summed E-state index contributed by atoms with van der Waals surface area (Å²) in [4.78, 5) is 2.52. The highest BCUT2D eigenvalue weighted by Gasteiger charge is 2.26. The molecule has 5 heteroatoms. The number of nitrogens with one attached hydrogen (secondary N) is 1. The predicted octanol–water partition coefficient (Wildman–Crippen LogP) is 1.95. The van der Waals surface area contributed by atoms with Crippen molar-refractivity contribution in [3.63, 3.8) is 0 Å². The Morgan fingerprint density at radius 3 is 2.78 bits per heavy atom. The van der Waals surface area contributed by atoms with E-state index in [2.05, 4.69) is 29.2 Å². The SMILES string of the molecule is CCC1CNC(C)CN1Cc1c(Cl)c(C)nn1C. The Balaban J connectivity index is 2.15. The second-order valence-electron chi connectivity index (χ2n) is 5.27. The van der Waals surface area contributed by atoms with Gasteiger partial charge >= 0.3 is 0 Å². The van der Waals surface area contributed by atoms with Crippen LogP contribution in [0.4, 0.5) is 0 Å². The smallest absolute Gasteiger partial charge is 0.0860 e. The van der Waals surface area contributed by atoms with E-state index in [1.54, 1.807) is 0 Å². The van der Waals surface area contributed by atoms with Crippen molar-refractivity contribution in [3.8, 4) is 0 Å². The van der Waals surface area contributed by atoms with Crippen LogP contribution < -0.4 is 5.32 Å². The molecule has 2 atom stereocenters. The minimum atomic E-state index is 0.542. The van der Waals surface area contributed by atoms with Crippen molar-refractivity contribution in [1.29, 1.82) is 0 Å². The molecule has 1 aromatic heterocycles. The molecule has 2 unspecified atom stereocenters. The molecule has 0 radical (unpaired) electrons. The lowest BCUT2D eigenvalue weighted by Gasteiger charge is -2.39. The lowest BCUT2D eigenvalue weighted by molar-refractivity contribution is 0.121. The van der Waals surface area contributed by atoms with Crippen LogP contribution in [0.5, 0.6) is 0 Å². The number of halogens is 1. The maximum absolute atomic E-state index is 6.33. The summed E-state index contributed by atoms with van der Waals surface area (Å²) < 4.78 is 1.91. The van der Waals surface area contributed by atoms with Crippen molar-refractivity contribution in [1.82, 2.24) is 20.0 Å². The molecule has 1 N–H and O–H groups in total. The number of nitrogens with zero attached hydrogens (tertiary/aromatic N) is 3. The minimum absolute atomic E-state index is 0.542. The third-order valence-corrected chi connectivity index (χ3v) is 4.30. The number of hydrogen-bond acceptors (Lipinski definition) is 3. The Morgan fingerprint density at radius 2 is 2.22 bits per heavy atom. The maximum Gasteiger partial charge on any atom is 0.0860 e. The van der Waals surface area contributed by atoms with E-state index in [1.807, 2.05) is 18.7 Å². The number of aryl methyl sites for hydroxylation is 2. The third-order valence-electron chi connectivity index (χ3n) is 3.81. The molecule has 0 aliphatic carbocycles. The van der Waals surface area contributed by atoms with Crippen LogP contribution in [0.25, 0.3) is 0 Å². The Morgan fingerprint density at radius 1 is 1.50 bits per heavy atom. The summed E-state index contributed by atoms with van der Waals surface area (Å²) >= 11 is 6.33. The molecule has 2 rings (SSSR count). The van der Waals surface area contributed by atoms with Crippen molar-refractivity contribution in [2.24, 2.45) is 7.05 Å². The summed E-state index contributed by atoms with van der Waals surface area (Å²) in [5.41, 5.74) is 2.05. The molecule has 18 heavy (non-hydrogen) atoms. The molecular formula is C13H23ClN4. The first-order valence-corrected chi connectivity index (χ1v) is 7.06. The van der Waals surface area contributed by atoms with Gasteiger partial charge in [0, 0.05) is 38.8 Å². The van der Waals surface area contributed by atoms with E-state index in [9.17, 15) is 0 Å². The fraction of sp³-hybridized carbons (Fsp3) is 0.769. The molecular weight excluding hydrogens is 248 g/mol. The van der Waals surface area contributed by atoms with Crippen molar-refractivity contribution in [3.05, 3.63) is 16.4 Å². The van der Waals surface area contributed by atoms with Gasteiger partial charge in [-0.1, -0.05) is 18.5 Å². The summed E-state index contributed by atoms with van der Waals surface area (Å²) in [5.74, 6) is 0. The average Bonchev–Trinajstić information content (AvgIpc) is 2.56. The van der Waals surface area contributed by atoms with E-state index >= 15 is 0 Å². The number of piperazine rings is 1. The fourth-order valence-corrected chi connectivity index (χ4v) is 2.89. The van der Waals surface area contributed by atoms with Gasteiger partial charge in [-0.15, -0.1) is 0 Å². The first kappa shape index (κ1) is 13.8. The van der Waals surface area contributed by atoms with Crippen LogP contribution in [0.1, 0.15) is 31.7 Å². The van der Waals surface area contributed by atoms with Gasteiger partial charge in [0.2, 0.25) is 0 Å². The van der Waals surface area contributed by atoms with E-state index in [4.69, 9.17) is 11.6 Å². The summed E-state index contributed by atoms with van der Waals surface area (Å²) in [7, 11) is 1.97. The van der Waals surface area contributed by atoms with Crippen LogP contribution in [-0.2, 0) is 13.6 Å². The van der Waals surface area contributed by atoms with Crippen LogP contribution in [-0.4, -0.2) is 39.9 Å². The van der Waals surface area contributed by atoms with Gasteiger partial charge < -0.3 is 5.32 Å². The van der Waals surface area contributed by atoms with Crippen LogP contribution in [0, 0.1) is 6.92 Å². The summed E-state index contributed by atoms with van der Waals surface area (Å²) in [6, 6.07) is 1.13.